The van der Waals surface area contributed by atoms with E-state index in [0.717, 1.165) is 0 Å². The van der Waals surface area contributed by atoms with Crippen LogP contribution in [0, 0.1) is 5.92 Å². The number of esters is 1. The summed E-state index contributed by atoms with van der Waals surface area (Å²) in [5.74, 6) is -0.912. The smallest absolute Gasteiger partial charge is 0.308 e. The van der Waals surface area contributed by atoms with E-state index in [1.807, 2.05) is 6.92 Å². The molecule has 0 aromatic heterocycles. The summed E-state index contributed by atoms with van der Waals surface area (Å²) in [6, 6.07) is 0. The largest absolute Gasteiger partial charge is 0.469 e. The van der Waals surface area contributed by atoms with Gasteiger partial charge in [-0.1, -0.05) is 6.92 Å². The molecule has 0 aliphatic heterocycles. The summed E-state index contributed by atoms with van der Waals surface area (Å²) in [7, 11) is -2.61. The molecule has 0 saturated carbocycles. The number of methoxy groups -OCH3 is 1. The summed E-state index contributed by atoms with van der Waals surface area (Å²) in [5, 5.41) is 0. The number of rotatable bonds is 6. The molecular weight excluding hydrogens is 208 g/mol. The molecule has 0 amide bonds. The molecule has 0 bridgehead atoms. The fraction of sp³-hybridized carbons (Fsp3) is 0.875. The minimum Gasteiger partial charge on any atom is -0.469 e. The van der Waals surface area contributed by atoms with Gasteiger partial charge in [0.05, 0.1) is 18.8 Å². The molecule has 1 unspecified atom stereocenters. The Kier molecular flexibility index (Phi) is 5.71. The van der Waals surface area contributed by atoms with Crippen molar-refractivity contribution in [1.29, 1.82) is 0 Å². The second kappa shape index (κ2) is 5.98. The number of hydrogen-bond donors (Lipinski definition) is 1. The van der Waals surface area contributed by atoms with Crippen LogP contribution in [-0.2, 0) is 19.6 Å². The predicted octanol–water partition coefficient (Wildman–Crippen LogP) is 0.854. The number of carbonyl (C=O) groups excluding carboxylic acids is 1. The maximum Gasteiger partial charge on any atom is 0.308 e. The van der Waals surface area contributed by atoms with E-state index in [-0.39, 0.29) is 24.1 Å². The van der Waals surface area contributed by atoms with Crippen LogP contribution in [0.4, 0.5) is 0 Å². The fourth-order valence-electron chi connectivity index (χ4n) is 1.17. The van der Waals surface area contributed by atoms with Crippen LogP contribution >= 0.6 is 0 Å². The van der Waals surface area contributed by atoms with Crippen molar-refractivity contribution < 1.29 is 22.5 Å². The lowest BCUT2D eigenvalue weighted by Gasteiger charge is -2.10. The van der Waals surface area contributed by atoms with Gasteiger partial charge in [-0.25, -0.2) is 0 Å². The van der Waals surface area contributed by atoms with E-state index in [2.05, 4.69) is 4.74 Å². The average molecular weight is 224 g/mol. The minimum atomic E-state index is -3.91. The standard InChI is InChI=1S/C8H16O5S/c1-3-7(8(9)13-2)5-4-6-14(10,11)12/h7H,3-6H2,1-2H3,(H,10,11,12). The molecule has 0 saturated heterocycles. The van der Waals surface area contributed by atoms with Crippen LogP contribution in [-0.4, -0.2) is 31.8 Å². The first-order valence-corrected chi connectivity index (χ1v) is 6.04. The maximum absolute atomic E-state index is 11.1. The van der Waals surface area contributed by atoms with E-state index < -0.39 is 10.1 Å². The lowest BCUT2D eigenvalue weighted by atomic mass is 10.0. The molecule has 14 heavy (non-hydrogen) atoms. The van der Waals surface area contributed by atoms with Crippen molar-refractivity contribution in [3.63, 3.8) is 0 Å². The molecule has 0 spiro atoms. The molecule has 0 aromatic carbocycles. The minimum absolute atomic E-state index is 0.270. The van der Waals surface area contributed by atoms with Crippen molar-refractivity contribution in [2.45, 2.75) is 26.2 Å². The van der Waals surface area contributed by atoms with Crippen molar-refractivity contribution in [2.24, 2.45) is 5.92 Å². The summed E-state index contributed by atoms with van der Waals surface area (Å²) in [6.07, 6.45) is 1.30. The Morgan fingerprint density at radius 1 is 1.50 bits per heavy atom. The molecule has 0 heterocycles. The monoisotopic (exact) mass is 224 g/mol. The van der Waals surface area contributed by atoms with Gasteiger partial charge < -0.3 is 4.74 Å². The SMILES string of the molecule is CCC(CCCS(=O)(=O)O)C(=O)OC. The van der Waals surface area contributed by atoms with E-state index in [1.165, 1.54) is 7.11 Å². The summed E-state index contributed by atoms with van der Waals surface area (Å²) in [4.78, 5) is 11.1. The van der Waals surface area contributed by atoms with Gasteiger partial charge in [0.25, 0.3) is 10.1 Å². The number of hydrogen-bond acceptors (Lipinski definition) is 4. The van der Waals surface area contributed by atoms with Crippen LogP contribution in [0.5, 0.6) is 0 Å². The first-order valence-electron chi connectivity index (χ1n) is 4.43. The van der Waals surface area contributed by atoms with Gasteiger partial charge in [0.15, 0.2) is 0 Å². The Morgan fingerprint density at radius 3 is 2.43 bits per heavy atom. The van der Waals surface area contributed by atoms with Gasteiger partial charge in [0.1, 0.15) is 0 Å². The van der Waals surface area contributed by atoms with E-state index >= 15 is 0 Å². The van der Waals surface area contributed by atoms with Gasteiger partial charge in [0, 0.05) is 0 Å². The summed E-state index contributed by atoms with van der Waals surface area (Å²) in [5.41, 5.74) is 0. The van der Waals surface area contributed by atoms with Crippen LogP contribution < -0.4 is 0 Å². The van der Waals surface area contributed by atoms with Crippen molar-refractivity contribution in [2.75, 3.05) is 12.9 Å². The third kappa shape index (κ3) is 5.93. The van der Waals surface area contributed by atoms with E-state index in [0.29, 0.717) is 12.8 Å². The van der Waals surface area contributed by atoms with Crippen LogP contribution in [0.25, 0.3) is 0 Å². The van der Waals surface area contributed by atoms with Crippen LogP contribution in [0.3, 0.4) is 0 Å². The zero-order chi connectivity index (χ0) is 11.2. The lowest BCUT2D eigenvalue weighted by molar-refractivity contribution is -0.145. The van der Waals surface area contributed by atoms with Crippen LogP contribution in [0.2, 0.25) is 0 Å². The highest BCUT2D eigenvalue weighted by molar-refractivity contribution is 7.85. The van der Waals surface area contributed by atoms with Gasteiger partial charge in [-0.15, -0.1) is 0 Å². The zero-order valence-electron chi connectivity index (χ0n) is 8.39. The predicted molar refractivity (Wildman–Crippen MR) is 51.4 cm³/mol. The molecule has 1 N–H and O–H groups in total. The van der Waals surface area contributed by atoms with Crippen molar-refractivity contribution in [3.05, 3.63) is 0 Å². The van der Waals surface area contributed by atoms with Crippen molar-refractivity contribution >= 4 is 16.1 Å². The van der Waals surface area contributed by atoms with E-state index in [9.17, 15) is 13.2 Å². The third-order valence-electron chi connectivity index (χ3n) is 1.98. The van der Waals surface area contributed by atoms with Gasteiger partial charge in [-0.05, 0) is 19.3 Å². The molecule has 6 heteroatoms. The highest BCUT2D eigenvalue weighted by Gasteiger charge is 2.17. The Bertz CT molecular complexity index is 269. The second-order valence-electron chi connectivity index (χ2n) is 3.06. The maximum atomic E-state index is 11.1. The molecule has 0 fully saturated rings. The highest BCUT2D eigenvalue weighted by atomic mass is 32.2. The fourth-order valence-corrected chi connectivity index (χ4v) is 1.70. The van der Waals surface area contributed by atoms with Gasteiger partial charge in [-0.3, -0.25) is 9.35 Å². The first-order chi connectivity index (χ1) is 6.40. The molecule has 0 radical (unpaired) electrons. The molecule has 5 nitrogen and oxygen atoms in total. The summed E-state index contributed by atoms with van der Waals surface area (Å²) in [6.45, 7) is 1.83. The van der Waals surface area contributed by atoms with Crippen molar-refractivity contribution in [3.8, 4) is 0 Å². The normalized spacial score (nSPS) is 13.6. The summed E-state index contributed by atoms with van der Waals surface area (Å²) >= 11 is 0. The number of ether oxygens (including phenoxy) is 1. The molecule has 0 aliphatic carbocycles. The zero-order valence-corrected chi connectivity index (χ0v) is 9.21. The van der Waals surface area contributed by atoms with Crippen molar-refractivity contribution in [1.82, 2.24) is 0 Å². The highest BCUT2D eigenvalue weighted by Crippen LogP contribution is 2.13. The topological polar surface area (TPSA) is 80.7 Å². The van der Waals surface area contributed by atoms with E-state index in [4.69, 9.17) is 4.55 Å². The Hall–Kier alpha value is -0.620. The molecule has 1 atom stereocenters. The summed E-state index contributed by atoms with van der Waals surface area (Å²) < 4.78 is 33.7. The van der Waals surface area contributed by atoms with Crippen LogP contribution in [0.1, 0.15) is 26.2 Å². The van der Waals surface area contributed by atoms with Gasteiger partial charge in [-0.2, -0.15) is 8.42 Å². The Balaban J connectivity index is 3.91. The Labute approximate surface area is 84.2 Å². The molecule has 0 aliphatic rings. The average Bonchev–Trinajstić information content (AvgIpc) is 2.09. The number of carbonyl (C=O) groups is 1. The molecule has 0 rings (SSSR count). The molecule has 84 valence electrons. The lowest BCUT2D eigenvalue weighted by Crippen LogP contribution is -2.16. The molecule has 0 aromatic rings. The third-order valence-corrected chi connectivity index (χ3v) is 2.79. The van der Waals surface area contributed by atoms with Gasteiger partial charge >= 0.3 is 5.97 Å². The Morgan fingerprint density at radius 2 is 2.07 bits per heavy atom. The first kappa shape index (κ1) is 13.4. The van der Waals surface area contributed by atoms with E-state index in [1.54, 1.807) is 0 Å². The van der Waals surface area contributed by atoms with Crippen LogP contribution in [0.15, 0.2) is 0 Å². The van der Waals surface area contributed by atoms with Gasteiger partial charge in [0.2, 0.25) is 0 Å². The second-order valence-corrected chi connectivity index (χ2v) is 4.63. The molecular formula is C8H16O5S. The quantitative estimate of drug-likeness (QED) is 0.534.